The van der Waals surface area contributed by atoms with Crippen LogP contribution in [0.15, 0.2) is 66.7 Å². The van der Waals surface area contributed by atoms with Crippen LogP contribution < -0.4 is 5.32 Å². The van der Waals surface area contributed by atoms with Crippen molar-refractivity contribution in [3.05, 3.63) is 99.2 Å². The molecule has 0 bridgehead atoms. The van der Waals surface area contributed by atoms with Crippen LogP contribution in [0.25, 0.3) is 10.9 Å². The lowest BCUT2D eigenvalue weighted by Gasteiger charge is -2.13. The molecule has 7 heteroatoms. The number of aromatic amines is 1. The Labute approximate surface area is 201 Å². The number of rotatable bonds is 8. The number of hydrogen-bond donors (Lipinski definition) is 2. The summed E-state index contributed by atoms with van der Waals surface area (Å²) in [5.41, 5.74) is 3.96. The number of nitrogens with one attached hydrogen (secondary N) is 2. The zero-order valence-corrected chi connectivity index (χ0v) is 19.5. The highest BCUT2D eigenvalue weighted by atomic mass is 35.5. The van der Waals surface area contributed by atoms with E-state index in [-0.39, 0.29) is 24.5 Å². The first-order valence-corrected chi connectivity index (χ1v) is 11.3. The van der Waals surface area contributed by atoms with Crippen molar-refractivity contribution in [2.45, 2.75) is 19.9 Å². The number of aromatic nitrogens is 1. The second-order valence-electron chi connectivity index (χ2n) is 7.49. The van der Waals surface area contributed by atoms with Crippen molar-refractivity contribution in [2.75, 3.05) is 11.9 Å². The lowest BCUT2D eigenvalue weighted by atomic mass is 9.98. The molecule has 4 rings (SSSR count). The highest BCUT2D eigenvalue weighted by Crippen LogP contribution is 2.36. The molecule has 0 aliphatic carbocycles. The molecule has 0 unspecified atom stereocenters. The number of benzene rings is 3. The number of halogens is 2. The number of ketones is 1. The molecular formula is C26H22Cl2N2O3. The molecule has 1 aromatic heterocycles. The van der Waals surface area contributed by atoms with Crippen molar-refractivity contribution < 1.29 is 14.3 Å². The van der Waals surface area contributed by atoms with E-state index in [2.05, 4.69) is 10.3 Å². The summed E-state index contributed by atoms with van der Waals surface area (Å²) in [5, 5.41) is 4.86. The van der Waals surface area contributed by atoms with Gasteiger partial charge in [-0.05, 0) is 30.2 Å². The summed E-state index contributed by atoms with van der Waals surface area (Å²) in [6, 6.07) is 20.3. The van der Waals surface area contributed by atoms with Gasteiger partial charge in [-0.2, -0.15) is 0 Å². The fourth-order valence-corrected chi connectivity index (χ4v) is 4.35. The zero-order valence-electron chi connectivity index (χ0n) is 18.0. The van der Waals surface area contributed by atoms with E-state index >= 15 is 0 Å². The third-order valence-corrected chi connectivity index (χ3v) is 5.83. The molecule has 0 spiro atoms. The topological polar surface area (TPSA) is 71.2 Å². The molecule has 5 nitrogen and oxygen atoms in total. The van der Waals surface area contributed by atoms with E-state index in [1.165, 1.54) is 0 Å². The molecule has 33 heavy (non-hydrogen) atoms. The fourth-order valence-electron chi connectivity index (χ4n) is 3.77. The first kappa shape index (κ1) is 22.9. The summed E-state index contributed by atoms with van der Waals surface area (Å²) in [7, 11) is 0. The van der Waals surface area contributed by atoms with E-state index < -0.39 is 5.97 Å². The minimum atomic E-state index is -0.490. The summed E-state index contributed by atoms with van der Waals surface area (Å²) < 4.78 is 5.21. The van der Waals surface area contributed by atoms with Gasteiger partial charge in [0.05, 0.1) is 22.8 Å². The van der Waals surface area contributed by atoms with Crippen LogP contribution in [-0.4, -0.2) is 23.3 Å². The standard InChI is InChI=1S/C26H22Cl2N2O3/c1-2-33-26(32)25-24(23-20(28)13-19(27)14-21(23)30-25)29-15-18-11-7-6-10-17(18)12-22(31)16-8-4-3-5-9-16/h3-11,13-14,29-30H,2,12,15H2,1H3. The molecule has 2 N–H and O–H groups in total. The van der Waals surface area contributed by atoms with Crippen molar-refractivity contribution in [3.63, 3.8) is 0 Å². The Morgan fingerprint density at radius 2 is 1.67 bits per heavy atom. The number of ether oxygens (including phenoxy) is 1. The second-order valence-corrected chi connectivity index (χ2v) is 8.34. The number of fused-ring (bicyclic) bond motifs is 1. The van der Waals surface area contributed by atoms with E-state index in [0.717, 1.165) is 11.1 Å². The van der Waals surface area contributed by atoms with Gasteiger partial charge in [0.15, 0.2) is 5.78 Å². The molecule has 168 valence electrons. The van der Waals surface area contributed by atoms with Crippen LogP contribution in [0.2, 0.25) is 10.0 Å². The smallest absolute Gasteiger partial charge is 0.356 e. The van der Waals surface area contributed by atoms with Crippen LogP contribution in [0.5, 0.6) is 0 Å². The number of H-pyrrole nitrogens is 1. The maximum Gasteiger partial charge on any atom is 0.356 e. The molecule has 0 saturated carbocycles. The summed E-state index contributed by atoms with van der Waals surface area (Å²) in [5.74, 6) is -0.448. The molecule has 1 heterocycles. The first-order valence-electron chi connectivity index (χ1n) is 10.5. The first-order chi connectivity index (χ1) is 16.0. The van der Waals surface area contributed by atoms with Gasteiger partial charge in [-0.15, -0.1) is 0 Å². The molecule has 0 saturated heterocycles. The molecule has 0 aliphatic heterocycles. The van der Waals surface area contributed by atoms with Crippen molar-refractivity contribution in [3.8, 4) is 0 Å². The molecular weight excluding hydrogens is 459 g/mol. The second kappa shape index (κ2) is 10.1. The van der Waals surface area contributed by atoms with Crippen molar-refractivity contribution in [2.24, 2.45) is 0 Å². The molecule has 0 radical (unpaired) electrons. The summed E-state index contributed by atoms with van der Waals surface area (Å²) in [4.78, 5) is 28.4. The van der Waals surface area contributed by atoms with E-state index in [4.69, 9.17) is 27.9 Å². The molecule has 3 aromatic carbocycles. The van der Waals surface area contributed by atoms with Crippen LogP contribution in [0.1, 0.15) is 38.9 Å². The van der Waals surface area contributed by atoms with Crippen molar-refractivity contribution in [1.82, 2.24) is 4.98 Å². The Morgan fingerprint density at radius 3 is 2.39 bits per heavy atom. The quantitative estimate of drug-likeness (QED) is 0.217. The number of Topliss-reactive ketones (excluding diaryl/α,β-unsaturated/α-hetero) is 1. The minimum Gasteiger partial charge on any atom is -0.461 e. The van der Waals surface area contributed by atoms with E-state index in [1.807, 2.05) is 54.6 Å². The average Bonchev–Trinajstić information content (AvgIpc) is 3.18. The van der Waals surface area contributed by atoms with Crippen LogP contribution in [0, 0.1) is 0 Å². The molecule has 4 aromatic rings. The van der Waals surface area contributed by atoms with Crippen LogP contribution in [0.4, 0.5) is 5.69 Å². The normalized spacial score (nSPS) is 10.9. The van der Waals surface area contributed by atoms with E-state index in [1.54, 1.807) is 19.1 Å². The van der Waals surface area contributed by atoms with E-state index in [9.17, 15) is 9.59 Å². The van der Waals surface area contributed by atoms with Gasteiger partial charge in [-0.25, -0.2) is 4.79 Å². The number of carbonyl (C=O) groups is 2. The predicted molar refractivity (Wildman–Crippen MR) is 133 cm³/mol. The maximum absolute atomic E-state index is 12.7. The van der Waals surface area contributed by atoms with Gasteiger partial charge in [0.2, 0.25) is 0 Å². The highest BCUT2D eigenvalue weighted by molar-refractivity contribution is 6.40. The lowest BCUT2D eigenvalue weighted by Crippen LogP contribution is -2.11. The Hall–Kier alpha value is -3.28. The third kappa shape index (κ3) is 5.05. The number of hydrogen-bond acceptors (Lipinski definition) is 4. The predicted octanol–water partition coefficient (Wildman–Crippen LogP) is 6.69. The Morgan fingerprint density at radius 1 is 0.970 bits per heavy atom. The number of esters is 1. The van der Waals surface area contributed by atoms with Crippen molar-refractivity contribution in [1.29, 1.82) is 0 Å². The van der Waals surface area contributed by atoms with Gasteiger partial charge in [0, 0.05) is 28.9 Å². The zero-order chi connectivity index (χ0) is 23.4. The lowest BCUT2D eigenvalue weighted by molar-refractivity contribution is 0.0521. The van der Waals surface area contributed by atoms with Gasteiger partial charge in [0.1, 0.15) is 5.69 Å². The summed E-state index contributed by atoms with van der Waals surface area (Å²) in [6.45, 7) is 2.38. The van der Waals surface area contributed by atoms with Gasteiger partial charge in [0.25, 0.3) is 0 Å². The van der Waals surface area contributed by atoms with Crippen LogP contribution >= 0.6 is 23.2 Å². The summed E-state index contributed by atoms with van der Waals surface area (Å²) >= 11 is 12.6. The third-order valence-electron chi connectivity index (χ3n) is 5.32. The van der Waals surface area contributed by atoms with E-state index in [0.29, 0.717) is 38.7 Å². The summed E-state index contributed by atoms with van der Waals surface area (Å²) in [6.07, 6.45) is 0.275. The minimum absolute atomic E-state index is 0.0417. The largest absolute Gasteiger partial charge is 0.461 e. The Kier molecular flexibility index (Phi) is 7.02. The van der Waals surface area contributed by atoms with Gasteiger partial charge in [-0.1, -0.05) is 77.8 Å². The molecule has 0 atom stereocenters. The van der Waals surface area contributed by atoms with Gasteiger partial charge < -0.3 is 15.0 Å². The monoisotopic (exact) mass is 480 g/mol. The fraction of sp³-hybridized carbons (Fsp3) is 0.154. The van der Waals surface area contributed by atoms with Gasteiger partial charge in [-0.3, -0.25) is 4.79 Å². The number of anilines is 1. The Balaban J connectivity index is 1.65. The number of carbonyl (C=O) groups excluding carboxylic acids is 2. The van der Waals surface area contributed by atoms with Crippen LogP contribution in [-0.2, 0) is 17.7 Å². The maximum atomic E-state index is 12.7. The highest BCUT2D eigenvalue weighted by Gasteiger charge is 2.21. The SMILES string of the molecule is CCOC(=O)c1[nH]c2cc(Cl)cc(Cl)c2c1NCc1ccccc1CC(=O)c1ccccc1. The average molecular weight is 481 g/mol. The van der Waals surface area contributed by atoms with Gasteiger partial charge >= 0.3 is 5.97 Å². The Bertz CT molecular complexity index is 1320. The van der Waals surface area contributed by atoms with Crippen molar-refractivity contribution >= 4 is 51.5 Å². The molecule has 0 aliphatic rings. The van der Waals surface area contributed by atoms with Crippen LogP contribution in [0.3, 0.4) is 0 Å². The molecule has 0 fully saturated rings. The molecule has 0 amide bonds.